The summed E-state index contributed by atoms with van der Waals surface area (Å²) in [4.78, 5) is 8.37. The van der Waals surface area contributed by atoms with E-state index in [1.807, 2.05) is 6.92 Å². The van der Waals surface area contributed by atoms with Crippen molar-refractivity contribution in [3.05, 3.63) is 41.3 Å². The molecule has 0 aliphatic rings. The van der Waals surface area contributed by atoms with Crippen LogP contribution in [0.25, 0.3) is 22.3 Å². The minimum absolute atomic E-state index is 0.186. The Morgan fingerprint density at radius 3 is 2.50 bits per heavy atom. The molecule has 0 saturated carbocycles. The molecular weight excluding hydrogens is 357 g/mol. The number of hydrogen-bond acceptors (Lipinski definition) is 4. The average Bonchev–Trinajstić information content (AvgIpc) is 2.89. The van der Waals surface area contributed by atoms with E-state index in [0.717, 1.165) is 0 Å². The second-order valence-electron chi connectivity index (χ2n) is 7.02. The zero-order chi connectivity index (χ0) is 19.1. The van der Waals surface area contributed by atoms with Crippen molar-refractivity contribution >= 4 is 22.8 Å². The molecule has 0 spiro atoms. The van der Waals surface area contributed by atoms with Gasteiger partial charge in [0.05, 0.1) is 10.6 Å². The van der Waals surface area contributed by atoms with E-state index in [-0.39, 0.29) is 17.9 Å². The Balaban J connectivity index is 2.28. The molecule has 3 rings (SSSR count). The summed E-state index contributed by atoms with van der Waals surface area (Å²) in [6.07, 6.45) is 2.55. The van der Waals surface area contributed by atoms with Gasteiger partial charge in [0.2, 0.25) is 0 Å². The number of fused-ring (bicyclic) bond motifs is 1. The minimum Gasteiger partial charge on any atom is -0.480 e. The second-order valence-corrected chi connectivity index (χ2v) is 7.43. The van der Waals surface area contributed by atoms with Crippen molar-refractivity contribution in [3.63, 3.8) is 0 Å². The van der Waals surface area contributed by atoms with Crippen molar-refractivity contribution in [2.24, 2.45) is 0 Å². The topological polar surface area (TPSA) is 71.2 Å². The van der Waals surface area contributed by atoms with E-state index in [1.165, 1.54) is 18.3 Å². The first-order valence-corrected chi connectivity index (χ1v) is 8.82. The van der Waals surface area contributed by atoms with Gasteiger partial charge in [0.25, 0.3) is 6.01 Å². The molecule has 0 unspecified atom stereocenters. The number of imidazole rings is 1. The number of aromatic hydroxyl groups is 1. The fourth-order valence-corrected chi connectivity index (χ4v) is 3.51. The fourth-order valence-electron chi connectivity index (χ4n) is 3.26. The fraction of sp³-hybridized carbons (Fsp3) is 0.368. The first-order chi connectivity index (χ1) is 12.2. The standard InChI is InChI=1S/C19H21ClFN3O2/c1-4-13(9-19(2,3)26)24-16-15(11-5-7-12(21)8-6-11)14(20)10-22-17(16)23-18(24)25/h5-8,10,13,26H,4,9H2,1-3H3,(H,22,23,25)/t13-/m0/s1. The molecular formula is C19H21ClFN3O2. The molecule has 0 fully saturated rings. The summed E-state index contributed by atoms with van der Waals surface area (Å²) in [5.41, 5.74) is 1.31. The molecule has 0 amide bonds. The largest absolute Gasteiger partial charge is 0.480 e. The lowest BCUT2D eigenvalue weighted by Gasteiger charge is -2.26. The smallest absolute Gasteiger partial charge is 0.296 e. The van der Waals surface area contributed by atoms with Crippen molar-refractivity contribution in [1.82, 2.24) is 14.5 Å². The summed E-state index contributed by atoms with van der Waals surface area (Å²) in [6, 6.07) is 5.57. The number of halogens is 2. The molecule has 0 bridgehead atoms. The normalized spacial score (nSPS) is 13.3. The second kappa shape index (κ2) is 6.85. The predicted molar refractivity (Wildman–Crippen MR) is 99.8 cm³/mol. The molecule has 1 aromatic carbocycles. The summed E-state index contributed by atoms with van der Waals surface area (Å²) in [5.74, 6) is -0.347. The highest BCUT2D eigenvalue weighted by Gasteiger charge is 2.27. The third-order valence-corrected chi connectivity index (χ3v) is 4.64. The van der Waals surface area contributed by atoms with Gasteiger partial charge in [-0.1, -0.05) is 30.7 Å². The van der Waals surface area contributed by atoms with Crippen LogP contribution < -0.4 is 0 Å². The monoisotopic (exact) mass is 377 g/mol. The van der Waals surface area contributed by atoms with Gasteiger partial charge in [0, 0.05) is 17.8 Å². The van der Waals surface area contributed by atoms with Crippen LogP contribution in [0.4, 0.5) is 4.39 Å². The third-order valence-electron chi connectivity index (χ3n) is 4.35. The molecule has 2 aromatic heterocycles. The van der Waals surface area contributed by atoms with E-state index < -0.39 is 5.60 Å². The zero-order valence-corrected chi connectivity index (χ0v) is 15.6. The van der Waals surface area contributed by atoms with E-state index >= 15 is 0 Å². The highest BCUT2D eigenvalue weighted by molar-refractivity contribution is 6.34. The molecule has 0 aliphatic carbocycles. The Hall–Kier alpha value is -2.18. The van der Waals surface area contributed by atoms with Crippen LogP contribution >= 0.6 is 11.6 Å². The van der Waals surface area contributed by atoms with E-state index in [4.69, 9.17) is 11.6 Å². The molecule has 7 heteroatoms. The van der Waals surface area contributed by atoms with Crippen LogP contribution in [0.15, 0.2) is 30.5 Å². The third kappa shape index (κ3) is 3.52. The first-order valence-electron chi connectivity index (χ1n) is 8.45. The highest BCUT2D eigenvalue weighted by atomic mass is 35.5. The van der Waals surface area contributed by atoms with Crippen molar-refractivity contribution in [2.75, 3.05) is 0 Å². The van der Waals surface area contributed by atoms with Gasteiger partial charge in [-0.3, -0.25) is 4.57 Å². The first kappa shape index (κ1) is 18.6. The minimum atomic E-state index is -0.925. The van der Waals surface area contributed by atoms with Gasteiger partial charge in [-0.25, -0.2) is 9.37 Å². The number of aliphatic hydroxyl groups is 1. The number of benzene rings is 1. The lowest BCUT2D eigenvalue weighted by Crippen LogP contribution is -2.24. The van der Waals surface area contributed by atoms with E-state index in [2.05, 4.69) is 9.97 Å². The van der Waals surface area contributed by atoms with Crippen LogP contribution in [0.5, 0.6) is 6.01 Å². The molecule has 2 N–H and O–H groups in total. The van der Waals surface area contributed by atoms with Crippen molar-refractivity contribution < 1.29 is 14.6 Å². The van der Waals surface area contributed by atoms with Gasteiger partial charge in [-0.15, -0.1) is 0 Å². The van der Waals surface area contributed by atoms with Gasteiger partial charge in [0.1, 0.15) is 11.3 Å². The Labute approximate surface area is 156 Å². The molecule has 0 radical (unpaired) electrons. The van der Waals surface area contributed by atoms with Crippen LogP contribution in [0.3, 0.4) is 0 Å². The van der Waals surface area contributed by atoms with Gasteiger partial charge in [-0.2, -0.15) is 4.98 Å². The molecule has 1 atom stereocenters. The predicted octanol–water partition coefficient (Wildman–Crippen LogP) is 4.71. The summed E-state index contributed by atoms with van der Waals surface area (Å²) in [7, 11) is 0. The lowest BCUT2D eigenvalue weighted by molar-refractivity contribution is 0.0532. The molecule has 0 aliphatic heterocycles. The summed E-state index contributed by atoms with van der Waals surface area (Å²) in [5, 5.41) is 21.1. The number of aromatic nitrogens is 3. The lowest BCUT2D eigenvalue weighted by atomic mass is 9.96. The van der Waals surface area contributed by atoms with Gasteiger partial charge >= 0.3 is 0 Å². The molecule has 2 heterocycles. The zero-order valence-electron chi connectivity index (χ0n) is 14.9. The Morgan fingerprint density at radius 1 is 1.27 bits per heavy atom. The Kier molecular flexibility index (Phi) is 4.90. The average molecular weight is 378 g/mol. The number of nitrogens with zero attached hydrogens (tertiary/aromatic N) is 3. The quantitative estimate of drug-likeness (QED) is 0.675. The van der Waals surface area contributed by atoms with Gasteiger partial charge in [0.15, 0.2) is 5.65 Å². The van der Waals surface area contributed by atoms with E-state index in [9.17, 15) is 14.6 Å². The summed E-state index contributed by atoms with van der Waals surface area (Å²) < 4.78 is 15.0. The highest BCUT2D eigenvalue weighted by Crippen LogP contribution is 2.39. The van der Waals surface area contributed by atoms with Crippen LogP contribution in [0.1, 0.15) is 39.7 Å². The van der Waals surface area contributed by atoms with Crippen LogP contribution in [-0.2, 0) is 0 Å². The Morgan fingerprint density at radius 2 is 1.92 bits per heavy atom. The summed E-state index contributed by atoms with van der Waals surface area (Å²) in [6.45, 7) is 5.41. The van der Waals surface area contributed by atoms with E-state index in [1.54, 1.807) is 30.5 Å². The van der Waals surface area contributed by atoms with Crippen molar-refractivity contribution in [2.45, 2.75) is 45.3 Å². The van der Waals surface area contributed by atoms with Crippen LogP contribution in [0.2, 0.25) is 5.02 Å². The maximum Gasteiger partial charge on any atom is 0.296 e. The van der Waals surface area contributed by atoms with Crippen LogP contribution in [-0.4, -0.2) is 30.3 Å². The molecule has 3 aromatic rings. The maximum absolute atomic E-state index is 13.3. The Bertz CT molecular complexity index is 933. The molecule has 138 valence electrons. The van der Waals surface area contributed by atoms with Crippen molar-refractivity contribution in [1.29, 1.82) is 0 Å². The van der Waals surface area contributed by atoms with Crippen LogP contribution in [0, 0.1) is 5.82 Å². The molecule has 5 nitrogen and oxygen atoms in total. The van der Waals surface area contributed by atoms with Crippen molar-refractivity contribution in [3.8, 4) is 17.1 Å². The maximum atomic E-state index is 13.3. The number of pyridine rings is 1. The van der Waals surface area contributed by atoms with E-state index in [0.29, 0.717) is 40.2 Å². The SMILES string of the molecule is CC[C@@H](CC(C)(C)O)n1c(O)nc2ncc(Cl)c(-c3ccc(F)cc3)c21. The molecule has 26 heavy (non-hydrogen) atoms. The number of rotatable bonds is 5. The summed E-state index contributed by atoms with van der Waals surface area (Å²) >= 11 is 6.41. The number of hydrogen-bond donors (Lipinski definition) is 2. The van der Waals surface area contributed by atoms with Gasteiger partial charge in [-0.05, 0) is 44.4 Å². The van der Waals surface area contributed by atoms with Gasteiger partial charge < -0.3 is 10.2 Å². The molecule has 0 saturated heterocycles.